The van der Waals surface area contributed by atoms with Crippen LogP contribution in [0, 0.1) is 24.7 Å². The Hall–Kier alpha value is -10.7. The molecule has 0 radical (unpaired) electrons. The van der Waals surface area contributed by atoms with Crippen LogP contribution in [0.25, 0.3) is 0 Å². The number of carboxylic acids is 1. The van der Waals surface area contributed by atoms with Gasteiger partial charge in [0.2, 0.25) is 11.8 Å². The quantitative estimate of drug-likeness (QED) is 0.0223. The molecule has 6 atom stereocenters. The Balaban J connectivity index is 0.000000256. The topological polar surface area (TPSA) is 356 Å². The molecular weight excluding hydrogens is 1250 g/mol. The molecule has 23 heteroatoms. The number of aliphatic hydroxyl groups is 1. The number of nitrogens with two attached hydrogens (primary N) is 1. The third-order valence-corrected chi connectivity index (χ3v) is 14.8. The van der Waals surface area contributed by atoms with Gasteiger partial charge in [0.05, 0.1) is 44.3 Å². The maximum atomic E-state index is 12.3. The molecule has 0 aliphatic heterocycles. The number of carbonyl (C=O) groups is 10. The smallest absolute Gasteiger partial charge is 0.330 e. The monoisotopic (exact) mass is 1330 g/mol. The number of phenols is 2. The lowest BCUT2D eigenvalue weighted by Crippen LogP contribution is -2.45. The van der Waals surface area contributed by atoms with Crippen molar-refractivity contribution in [1.29, 1.82) is 0 Å². The summed E-state index contributed by atoms with van der Waals surface area (Å²) < 4.78 is 9.14. The van der Waals surface area contributed by atoms with Gasteiger partial charge in [-0.3, -0.25) is 38.4 Å². The second kappa shape index (κ2) is 41.1. The first kappa shape index (κ1) is 77.7. The molecule has 96 heavy (non-hydrogen) atoms. The number of methoxy groups -OCH3 is 2. The second-order valence-corrected chi connectivity index (χ2v) is 22.9. The van der Waals surface area contributed by atoms with Crippen LogP contribution in [0.1, 0.15) is 111 Å². The summed E-state index contributed by atoms with van der Waals surface area (Å²) in [5.74, 6) is -6.23. The zero-order valence-electron chi connectivity index (χ0n) is 54.2. The highest BCUT2D eigenvalue weighted by Crippen LogP contribution is 2.32. The Morgan fingerprint density at radius 1 is 0.542 bits per heavy atom. The highest BCUT2D eigenvalue weighted by molar-refractivity contribution is 6.31. The zero-order valence-corrected chi connectivity index (χ0v) is 55.0. The van der Waals surface area contributed by atoms with E-state index in [0.717, 1.165) is 36.6 Å². The fraction of sp³-hybridized carbons (Fsp3) is 0.288. The van der Waals surface area contributed by atoms with Gasteiger partial charge in [-0.15, -0.1) is 0 Å². The van der Waals surface area contributed by atoms with Crippen molar-refractivity contribution in [2.24, 2.45) is 23.5 Å². The molecule has 508 valence electrons. The minimum absolute atomic E-state index is 0.00276. The highest BCUT2D eigenvalue weighted by Gasteiger charge is 2.36. The van der Waals surface area contributed by atoms with Gasteiger partial charge in [0.15, 0.2) is 23.3 Å². The number of amides is 6. The van der Waals surface area contributed by atoms with Crippen LogP contribution < -0.4 is 32.3 Å². The SMILES string of the molecule is CC(=O)C(CC(C)C)NC(=O)c1ccccc1.COC(=O)C(CO)NC(=O)c1cccc(O)c1O.COC(=O)C(Cc1ccccc1)NC(=O)c1ccccc1.Cc1cc(Cl)cc(NC(=O)C2CCCCC2C(=O)O)c1.NC(=O)C(Cc1ccccc1)NC(=O)c1ccccc1. The van der Waals surface area contributed by atoms with Crippen molar-refractivity contribution in [1.82, 2.24) is 21.3 Å². The number of benzene rings is 7. The average molecular weight is 1340 g/mol. The van der Waals surface area contributed by atoms with Gasteiger partial charge >= 0.3 is 17.9 Å². The number of phenolic OH excluding ortho intramolecular Hbond substituents is 2. The van der Waals surface area contributed by atoms with Crippen LogP contribution in [0.15, 0.2) is 188 Å². The molecule has 1 saturated carbocycles. The number of nitrogens with one attached hydrogen (secondary N) is 5. The number of para-hydroxylation sites is 1. The van der Waals surface area contributed by atoms with Gasteiger partial charge in [-0.1, -0.05) is 160 Å². The van der Waals surface area contributed by atoms with E-state index in [1.54, 1.807) is 84.9 Å². The Bertz CT molecular complexity index is 3640. The Morgan fingerprint density at radius 2 is 0.958 bits per heavy atom. The molecule has 0 saturated heterocycles. The van der Waals surface area contributed by atoms with E-state index in [9.17, 15) is 63.3 Å². The third kappa shape index (κ3) is 27.1. The van der Waals surface area contributed by atoms with Crippen LogP contribution in [0.4, 0.5) is 5.69 Å². The van der Waals surface area contributed by atoms with Gasteiger partial charge in [-0.2, -0.15) is 0 Å². The molecule has 22 nitrogen and oxygen atoms in total. The zero-order chi connectivity index (χ0) is 70.7. The number of carbonyl (C=O) groups excluding carboxylic acids is 9. The molecule has 0 aromatic heterocycles. The number of hydrogen-bond donors (Lipinski definition) is 10. The van der Waals surface area contributed by atoms with E-state index in [1.165, 1.54) is 32.2 Å². The minimum atomic E-state index is -1.23. The number of primary amides is 1. The van der Waals surface area contributed by atoms with Crippen LogP contribution >= 0.6 is 11.6 Å². The molecule has 6 amide bonds. The summed E-state index contributed by atoms with van der Waals surface area (Å²) >= 11 is 5.95. The maximum Gasteiger partial charge on any atom is 0.330 e. The molecule has 6 unspecified atom stereocenters. The van der Waals surface area contributed by atoms with E-state index in [0.29, 0.717) is 65.4 Å². The van der Waals surface area contributed by atoms with Crippen LogP contribution in [0.3, 0.4) is 0 Å². The fourth-order valence-electron chi connectivity index (χ4n) is 9.60. The Labute approximate surface area is 563 Å². The van der Waals surface area contributed by atoms with Crippen molar-refractivity contribution >= 4 is 76.4 Å². The number of aryl methyl sites for hydroxylation is 1. The van der Waals surface area contributed by atoms with Gasteiger partial charge < -0.3 is 62.2 Å². The predicted octanol–water partition coefficient (Wildman–Crippen LogP) is 8.97. The van der Waals surface area contributed by atoms with Crippen LogP contribution in [-0.4, -0.2) is 125 Å². The number of aliphatic hydroxyl groups excluding tert-OH is 1. The predicted molar refractivity (Wildman–Crippen MR) is 363 cm³/mol. The molecule has 1 fully saturated rings. The van der Waals surface area contributed by atoms with Crippen LogP contribution in [-0.2, 0) is 51.1 Å². The first-order valence-corrected chi connectivity index (χ1v) is 31.1. The van der Waals surface area contributed by atoms with Gasteiger partial charge in [0, 0.05) is 40.2 Å². The number of halogens is 1. The van der Waals surface area contributed by atoms with E-state index in [-0.39, 0.29) is 41.0 Å². The lowest BCUT2D eigenvalue weighted by atomic mass is 9.78. The number of ketones is 1. The molecule has 8 rings (SSSR count). The largest absolute Gasteiger partial charge is 0.504 e. The number of Topliss-reactive ketones (excluding diaryl/α,β-unsaturated/α-hetero) is 1. The summed E-state index contributed by atoms with van der Waals surface area (Å²) in [7, 11) is 2.43. The van der Waals surface area contributed by atoms with Gasteiger partial charge in [-0.25, -0.2) is 9.59 Å². The summed E-state index contributed by atoms with van der Waals surface area (Å²) in [6.07, 6.45) is 4.42. The number of anilines is 1. The summed E-state index contributed by atoms with van der Waals surface area (Å²) in [4.78, 5) is 117. The Morgan fingerprint density at radius 3 is 1.38 bits per heavy atom. The van der Waals surface area contributed by atoms with Crippen LogP contribution in [0.2, 0.25) is 5.02 Å². The number of rotatable bonds is 22. The number of aliphatic carboxylic acids is 1. The molecule has 0 bridgehead atoms. The molecule has 1 aliphatic carbocycles. The molecule has 11 N–H and O–H groups in total. The molecule has 0 heterocycles. The van der Waals surface area contributed by atoms with Crippen molar-refractivity contribution in [2.75, 3.05) is 26.1 Å². The van der Waals surface area contributed by atoms with Gasteiger partial charge in [0.25, 0.3) is 23.6 Å². The second-order valence-electron chi connectivity index (χ2n) is 22.5. The fourth-order valence-corrected chi connectivity index (χ4v) is 9.89. The number of carboxylic acid groups (broad SMARTS) is 1. The minimum Gasteiger partial charge on any atom is -0.504 e. The number of aromatic hydroxyl groups is 2. The molecule has 1 aliphatic rings. The van der Waals surface area contributed by atoms with E-state index < -0.39 is 77.8 Å². The first-order chi connectivity index (χ1) is 45.8. The Kier molecular flexibility index (Phi) is 33.3. The van der Waals surface area contributed by atoms with Gasteiger partial charge in [0.1, 0.15) is 12.1 Å². The van der Waals surface area contributed by atoms with E-state index in [2.05, 4.69) is 31.3 Å². The molecule has 7 aromatic carbocycles. The summed E-state index contributed by atoms with van der Waals surface area (Å²) in [6, 6.07) is 51.5. The number of ether oxygens (including phenoxy) is 2. The van der Waals surface area contributed by atoms with E-state index in [1.807, 2.05) is 106 Å². The summed E-state index contributed by atoms with van der Waals surface area (Å²) in [5, 5.41) is 50.5. The van der Waals surface area contributed by atoms with Crippen molar-refractivity contribution < 1.29 is 77.8 Å². The molecular formula is C73H83ClN6O16. The van der Waals surface area contributed by atoms with Crippen molar-refractivity contribution in [2.45, 2.75) is 96.8 Å². The number of hydrogen-bond acceptors (Lipinski definition) is 15. The van der Waals surface area contributed by atoms with Crippen molar-refractivity contribution in [3.63, 3.8) is 0 Å². The van der Waals surface area contributed by atoms with E-state index in [4.69, 9.17) is 27.2 Å². The van der Waals surface area contributed by atoms with Crippen molar-refractivity contribution in [3.8, 4) is 11.5 Å². The van der Waals surface area contributed by atoms with Gasteiger partial charge in [-0.05, 0) is 122 Å². The summed E-state index contributed by atoms with van der Waals surface area (Å²) in [5.41, 5.74) is 10.2. The number of esters is 2. The third-order valence-electron chi connectivity index (χ3n) is 14.6. The first-order valence-electron chi connectivity index (χ1n) is 30.7. The van der Waals surface area contributed by atoms with Crippen molar-refractivity contribution in [3.05, 3.63) is 232 Å². The lowest BCUT2D eigenvalue weighted by molar-refractivity contribution is -0.147. The average Bonchev–Trinajstić information content (AvgIpc) is 0.977. The molecule has 7 aromatic rings. The maximum absolute atomic E-state index is 12.3. The lowest BCUT2D eigenvalue weighted by Gasteiger charge is -2.27. The summed E-state index contributed by atoms with van der Waals surface area (Å²) in [6.45, 7) is 6.83. The highest BCUT2D eigenvalue weighted by atomic mass is 35.5. The standard InChI is InChI=1S/C17H17NO3.C16H16N2O2.C15H18ClNO3.C14H19NO2.C11H13NO6/c1-21-17(20)15(12-13-8-4-2-5-9-13)18-16(19)14-10-6-3-7-11-14;17-15(19)14(11-12-7-3-1-4-8-12)18-16(20)13-9-5-2-6-10-13;1-9-6-10(16)8-11(7-9)17-14(18)12-4-2-3-5-13(12)15(19)20;1-10(2)9-13(11(3)16)15-14(17)12-7-5-4-6-8-12;1-18-11(17)7(5-13)12-10(16)6-3-2-4-8(14)9(6)15/h2-11,15H,12H2,1H3,(H,18,19);1-10,14H,11H2,(H2,17,19)(H,18,20);6-8,12-13H,2-5H2,1H3,(H,17,18)(H,19,20);4-8,10,13H,9H2,1-3H3,(H,15,17);2-4,7,13-15H,5H2,1H3,(H,12,16). The van der Waals surface area contributed by atoms with E-state index >= 15 is 0 Å². The van der Waals surface area contributed by atoms with Crippen LogP contribution in [0.5, 0.6) is 11.5 Å². The normalized spacial score (nSPS) is 13.9. The molecule has 0 spiro atoms.